The molecule has 0 atom stereocenters. The predicted molar refractivity (Wildman–Crippen MR) is 239 cm³/mol. The summed E-state index contributed by atoms with van der Waals surface area (Å²) in [5, 5.41) is 0. The van der Waals surface area contributed by atoms with Gasteiger partial charge in [0.05, 0.1) is 94.4 Å². The Labute approximate surface area is 388 Å². The van der Waals surface area contributed by atoms with Gasteiger partial charge in [0.2, 0.25) is 0 Å². The number of methoxy groups -OCH3 is 2. The molecule has 0 fully saturated rings. The number of carbonyl (C=O) groups excluding carboxylic acids is 10. The Hall–Kier alpha value is -8.80. The van der Waals surface area contributed by atoms with Crippen molar-refractivity contribution in [3.63, 3.8) is 0 Å². The zero-order valence-corrected chi connectivity index (χ0v) is 37.1. The number of carbonyl (C=O) groups is 10. The van der Waals surface area contributed by atoms with Crippen LogP contribution in [-0.2, 0) is 28.4 Å². The summed E-state index contributed by atoms with van der Waals surface area (Å²) in [7, 11) is 2.55. The van der Waals surface area contributed by atoms with Gasteiger partial charge in [-0.05, 0) is 122 Å². The van der Waals surface area contributed by atoms with Gasteiger partial charge in [0.25, 0.3) is 23.6 Å². The molecule has 0 radical (unpaired) electrons. The Balaban J connectivity index is 0.000000404. The standard InChI is InChI=1S/C38H28N2O12.C12H14O4/c1-3-16-50-37(47)23-8-14-27-29(19-23)33(43)39(31(27)41)25-10-12-26(13-11-25)40-32(42)28-15-9-24(20-30(28)34(40)44)38(48)52-18-17-51-36(46)22-6-4-21(5-7-22)35(45)49-2;1-3-8-16-12(14)10-6-4-9(5-7-10)11(13)15-2/h4-15,19-20H,3,16-18H2,1-2H3;4-7H,3,8H2,1-2H3. The Kier molecular flexibility index (Phi) is 15.7. The lowest BCUT2D eigenvalue weighted by Gasteiger charge is -2.17. The smallest absolute Gasteiger partial charge is 0.338 e. The number of imide groups is 2. The van der Waals surface area contributed by atoms with E-state index in [1.54, 1.807) is 12.1 Å². The molecule has 0 saturated heterocycles. The summed E-state index contributed by atoms with van der Waals surface area (Å²) in [6.45, 7) is 3.81. The van der Waals surface area contributed by atoms with Crippen LogP contribution in [-0.4, -0.2) is 100 Å². The van der Waals surface area contributed by atoms with E-state index in [2.05, 4.69) is 9.47 Å². The van der Waals surface area contributed by atoms with Gasteiger partial charge in [-0.1, -0.05) is 13.8 Å². The fraction of sp³-hybridized carbons (Fsp3) is 0.200. The number of ether oxygens (including phenoxy) is 6. The molecule has 5 aromatic carbocycles. The van der Waals surface area contributed by atoms with Crippen molar-refractivity contribution in [1.29, 1.82) is 0 Å². The Bertz CT molecular complexity index is 2820. The molecule has 0 spiro atoms. The minimum Gasteiger partial charge on any atom is -0.465 e. The van der Waals surface area contributed by atoms with E-state index in [0.717, 1.165) is 16.2 Å². The Morgan fingerprint density at radius 1 is 0.353 bits per heavy atom. The van der Waals surface area contributed by atoms with Crippen molar-refractivity contribution in [2.45, 2.75) is 26.7 Å². The second-order valence-electron chi connectivity index (χ2n) is 14.6. The van der Waals surface area contributed by atoms with Crippen molar-refractivity contribution in [2.75, 3.05) is 50.4 Å². The van der Waals surface area contributed by atoms with Gasteiger partial charge < -0.3 is 28.4 Å². The number of amides is 4. The molecule has 2 aliphatic heterocycles. The van der Waals surface area contributed by atoms with Crippen LogP contribution in [0.3, 0.4) is 0 Å². The first-order valence-electron chi connectivity index (χ1n) is 20.9. The first-order valence-corrected chi connectivity index (χ1v) is 20.9. The molecule has 4 amide bonds. The molecule has 2 heterocycles. The van der Waals surface area contributed by atoms with Crippen LogP contribution < -0.4 is 9.80 Å². The van der Waals surface area contributed by atoms with Crippen molar-refractivity contribution in [1.82, 2.24) is 0 Å². The second kappa shape index (κ2) is 21.9. The van der Waals surface area contributed by atoms with Crippen molar-refractivity contribution < 1.29 is 76.4 Å². The maximum Gasteiger partial charge on any atom is 0.338 e. The number of hydrogen-bond donors (Lipinski definition) is 0. The fourth-order valence-electron chi connectivity index (χ4n) is 6.67. The molecular formula is C50H42N2O16. The third-order valence-corrected chi connectivity index (χ3v) is 10.1. The van der Waals surface area contributed by atoms with Gasteiger partial charge in [0.15, 0.2) is 0 Å². The molecule has 7 rings (SSSR count). The number of nitrogens with zero attached hydrogens (tertiary/aromatic N) is 2. The van der Waals surface area contributed by atoms with Crippen LogP contribution in [0.15, 0.2) is 109 Å². The van der Waals surface area contributed by atoms with Crippen molar-refractivity contribution in [3.8, 4) is 0 Å². The molecule has 18 heteroatoms. The summed E-state index contributed by atoms with van der Waals surface area (Å²) < 4.78 is 29.5. The average Bonchev–Trinajstić information content (AvgIpc) is 3.78. The molecule has 0 unspecified atom stereocenters. The highest BCUT2D eigenvalue weighted by atomic mass is 16.6. The van der Waals surface area contributed by atoms with Crippen LogP contribution in [0.5, 0.6) is 0 Å². The average molecular weight is 927 g/mol. The number of esters is 6. The largest absolute Gasteiger partial charge is 0.465 e. The third kappa shape index (κ3) is 10.7. The molecule has 68 heavy (non-hydrogen) atoms. The highest BCUT2D eigenvalue weighted by molar-refractivity contribution is 6.36. The number of fused-ring (bicyclic) bond motifs is 2. The van der Waals surface area contributed by atoms with E-state index >= 15 is 0 Å². The van der Waals surface area contributed by atoms with Gasteiger partial charge in [-0.15, -0.1) is 0 Å². The topological polar surface area (TPSA) is 233 Å². The van der Waals surface area contributed by atoms with E-state index in [9.17, 15) is 47.9 Å². The van der Waals surface area contributed by atoms with E-state index in [1.165, 1.54) is 111 Å². The first-order chi connectivity index (χ1) is 32.7. The van der Waals surface area contributed by atoms with Crippen LogP contribution in [0.25, 0.3) is 0 Å². The number of rotatable bonds is 15. The maximum atomic E-state index is 13.4. The van der Waals surface area contributed by atoms with Crippen LogP contribution in [0, 0.1) is 0 Å². The van der Waals surface area contributed by atoms with E-state index in [0.29, 0.717) is 24.2 Å². The quantitative estimate of drug-likeness (QED) is 0.0460. The highest BCUT2D eigenvalue weighted by Crippen LogP contribution is 2.34. The molecule has 0 aromatic heterocycles. The minimum atomic E-state index is -0.824. The maximum absolute atomic E-state index is 13.4. The molecule has 18 nitrogen and oxygen atoms in total. The van der Waals surface area contributed by atoms with Crippen LogP contribution in [0.1, 0.15) is 130 Å². The van der Waals surface area contributed by atoms with Gasteiger partial charge in [0, 0.05) is 0 Å². The fourth-order valence-corrected chi connectivity index (χ4v) is 6.67. The normalized spacial score (nSPS) is 12.3. The molecule has 2 aliphatic rings. The summed E-state index contributed by atoms with van der Waals surface area (Å²) in [5.41, 5.74) is 1.87. The van der Waals surface area contributed by atoms with Crippen LogP contribution in [0.4, 0.5) is 11.4 Å². The van der Waals surface area contributed by atoms with E-state index in [1.807, 2.05) is 13.8 Å². The number of anilines is 2. The van der Waals surface area contributed by atoms with E-state index < -0.39 is 53.5 Å². The van der Waals surface area contributed by atoms with Crippen LogP contribution >= 0.6 is 0 Å². The SMILES string of the molecule is CCCOC(=O)c1ccc(C(=O)OC)cc1.CCCOC(=O)c1ccc2c(c1)C(=O)N(c1ccc(N3C(=O)c4ccc(C(=O)OCCOC(=O)c5ccc(C(=O)OC)cc5)cc4C3=O)cc1)C2=O. The molecule has 0 aliphatic carbocycles. The van der Waals surface area contributed by atoms with Gasteiger partial charge >= 0.3 is 35.8 Å². The van der Waals surface area contributed by atoms with Crippen molar-refractivity contribution in [2.24, 2.45) is 0 Å². The van der Waals surface area contributed by atoms with E-state index in [-0.39, 0.29) is 81.7 Å². The Morgan fingerprint density at radius 2 is 0.618 bits per heavy atom. The summed E-state index contributed by atoms with van der Waals surface area (Å²) in [4.78, 5) is 126. The monoisotopic (exact) mass is 926 g/mol. The van der Waals surface area contributed by atoms with Crippen molar-refractivity contribution >= 4 is 70.8 Å². The lowest BCUT2D eigenvalue weighted by atomic mass is 10.1. The van der Waals surface area contributed by atoms with E-state index in [4.69, 9.17) is 18.9 Å². The second-order valence-corrected chi connectivity index (χ2v) is 14.6. The summed E-state index contributed by atoms with van der Waals surface area (Å²) >= 11 is 0. The van der Waals surface area contributed by atoms with Gasteiger partial charge in [-0.2, -0.15) is 0 Å². The van der Waals surface area contributed by atoms with Gasteiger partial charge in [-0.25, -0.2) is 38.6 Å². The molecule has 0 bridgehead atoms. The lowest BCUT2D eigenvalue weighted by Crippen LogP contribution is -2.30. The lowest BCUT2D eigenvalue weighted by molar-refractivity contribution is 0.0265. The molecule has 348 valence electrons. The molecular weight excluding hydrogens is 885 g/mol. The molecule has 5 aromatic rings. The van der Waals surface area contributed by atoms with Gasteiger partial charge in [-0.3, -0.25) is 19.2 Å². The summed E-state index contributed by atoms with van der Waals surface area (Å²) in [5.74, 6) is -6.11. The third-order valence-electron chi connectivity index (χ3n) is 10.1. The highest BCUT2D eigenvalue weighted by Gasteiger charge is 2.39. The zero-order chi connectivity index (χ0) is 49.1. The van der Waals surface area contributed by atoms with Crippen LogP contribution in [0.2, 0.25) is 0 Å². The van der Waals surface area contributed by atoms with Gasteiger partial charge in [0.1, 0.15) is 13.2 Å². The predicted octanol–water partition coefficient (Wildman–Crippen LogP) is 6.70. The number of hydrogen-bond acceptors (Lipinski definition) is 16. The molecule has 0 saturated carbocycles. The zero-order valence-electron chi connectivity index (χ0n) is 37.1. The summed E-state index contributed by atoms with van der Waals surface area (Å²) in [6, 6.07) is 25.4. The minimum absolute atomic E-state index is 0.0192. The number of benzene rings is 5. The van der Waals surface area contributed by atoms with Crippen molar-refractivity contribution in [3.05, 3.63) is 165 Å². The summed E-state index contributed by atoms with van der Waals surface area (Å²) in [6.07, 6.45) is 1.41. The first kappa shape index (κ1) is 48.7. The molecule has 0 N–H and O–H groups in total. The Morgan fingerprint density at radius 3 is 0.926 bits per heavy atom.